The van der Waals surface area contributed by atoms with Gasteiger partial charge in [0, 0.05) is 13.6 Å². The molecule has 0 bridgehead atoms. The van der Waals surface area contributed by atoms with Gasteiger partial charge >= 0.3 is 0 Å². The van der Waals surface area contributed by atoms with Crippen molar-refractivity contribution in [3.05, 3.63) is 17.8 Å². The smallest absolute Gasteiger partial charge is 0.269 e. The molecule has 0 saturated carbocycles. The number of aromatic nitrogens is 2. The Bertz CT molecular complexity index is 399. The Balaban J connectivity index is 1.95. The van der Waals surface area contributed by atoms with Gasteiger partial charge in [0.15, 0.2) is 11.5 Å². The molecule has 3 N–H and O–H groups in total. The molecule has 1 unspecified atom stereocenters. The third-order valence-electron chi connectivity index (χ3n) is 3.23. The van der Waals surface area contributed by atoms with Gasteiger partial charge in [-0.25, -0.2) is 0 Å². The van der Waals surface area contributed by atoms with E-state index in [1.807, 2.05) is 7.05 Å². The van der Waals surface area contributed by atoms with Crippen molar-refractivity contribution in [2.75, 3.05) is 31.6 Å². The van der Waals surface area contributed by atoms with Crippen LogP contribution in [0.3, 0.4) is 0 Å². The minimum atomic E-state index is -0.548. The molecule has 0 spiro atoms. The van der Waals surface area contributed by atoms with E-state index in [1.54, 1.807) is 12.1 Å². The van der Waals surface area contributed by atoms with E-state index < -0.39 is 5.91 Å². The molecule has 0 radical (unpaired) electrons. The molecule has 1 aliphatic rings. The van der Waals surface area contributed by atoms with Crippen LogP contribution in [0.4, 0.5) is 5.82 Å². The first-order valence-corrected chi connectivity index (χ1v) is 6.22. The monoisotopic (exact) mass is 249 g/mol. The van der Waals surface area contributed by atoms with Crippen molar-refractivity contribution in [2.45, 2.75) is 12.8 Å². The van der Waals surface area contributed by atoms with Gasteiger partial charge in [0.05, 0.1) is 0 Å². The van der Waals surface area contributed by atoms with Gasteiger partial charge in [0.1, 0.15) is 0 Å². The van der Waals surface area contributed by atoms with E-state index in [1.165, 1.54) is 12.8 Å². The summed E-state index contributed by atoms with van der Waals surface area (Å²) >= 11 is 0. The average Bonchev–Trinajstić information content (AvgIpc) is 2.40. The highest BCUT2D eigenvalue weighted by Gasteiger charge is 2.16. The number of hydrogen-bond donors (Lipinski definition) is 2. The highest BCUT2D eigenvalue weighted by atomic mass is 16.1. The summed E-state index contributed by atoms with van der Waals surface area (Å²) in [6.07, 6.45) is 2.47. The van der Waals surface area contributed by atoms with Crippen LogP contribution in [0.2, 0.25) is 0 Å². The molecular weight excluding hydrogens is 230 g/mol. The molecule has 1 atom stereocenters. The van der Waals surface area contributed by atoms with Crippen molar-refractivity contribution < 1.29 is 4.79 Å². The van der Waals surface area contributed by atoms with Crippen molar-refractivity contribution in [2.24, 2.45) is 11.7 Å². The molecule has 0 aromatic carbocycles. The SMILES string of the molecule is CN(CC1CCCNC1)c1ccc(C(N)=O)nn1. The fraction of sp³-hybridized carbons (Fsp3) is 0.583. The van der Waals surface area contributed by atoms with E-state index in [-0.39, 0.29) is 5.69 Å². The molecule has 1 aromatic heterocycles. The summed E-state index contributed by atoms with van der Waals surface area (Å²) in [6.45, 7) is 3.11. The number of nitrogens with one attached hydrogen (secondary N) is 1. The third-order valence-corrected chi connectivity index (χ3v) is 3.23. The lowest BCUT2D eigenvalue weighted by Gasteiger charge is -2.27. The summed E-state index contributed by atoms with van der Waals surface area (Å²) in [5, 5.41) is 11.2. The maximum Gasteiger partial charge on any atom is 0.269 e. The maximum absolute atomic E-state index is 10.9. The second-order valence-electron chi connectivity index (χ2n) is 4.73. The van der Waals surface area contributed by atoms with Gasteiger partial charge in [-0.1, -0.05) is 0 Å². The molecule has 18 heavy (non-hydrogen) atoms. The minimum Gasteiger partial charge on any atom is -0.364 e. The number of anilines is 1. The number of carbonyl (C=O) groups is 1. The predicted octanol–water partition coefficient (Wildman–Crippen LogP) is 0.0113. The maximum atomic E-state index is 10.9. The van der Waals surface area contributed by atoms with Crippen LogP contribution in [0.5, 0.6) is 0 Å². The minimum absolute atomic E-state index is 0.200. The number of piperidine rings is 1. The zero-order chi connectivity index (χ0) is 13.0. The van der Waals surface area contributed by atoms with E-state index >= 15 is 0 Å². The van der Waals surface area contributed by atoms with Crippen molar-refractivity contribution in [1.82, 2.24) is 15.5 Å². The molecule has 2 heterocycles. The lowest BCUT2D eigenvalue weighted by Crippen LogP contribution is -2.37. The van der Waals surface area contributed by atoms with Crippen LogP contribution in [0.1, 0.15) is 23.3 Å². The van der Waals surface area contributed by atoms with Gasteiger partial charge in [-0.15, -0.1) is 10.2 Å². The Hall–Kier alpha value is -1.69. The van der Waals surface area contributed by atoms with Crippen molar-refractivity contribution >= 4 is 11.7 Å². The molecule has 6 nitrogen and oxygen atoms in total. The highest BCUT2D eigenvalue weighted by Crippen LogP contribution is 2.15. The van der Waals surface area contributed by atoms with E-state index in [4.69, 9.17) is 5.73 Å². The van der Waals surface area contributed by atoms with Crippen LogP contribution >= 0.6 is 0 Å². The van der Waals surface area contributed by atoms with Crippen LogP contribution in [-0.2, 0) is 0 Å². The lowest BCUT2D eigenvalue weighted by atomic mass is 9.99. The zero-order valence-corrected chi connectivity index (χ0v) is 10.6. The second kappa shape index (κ2) is 5.77. The molecule has 98 valence electrons. The Morgan fingerprint density at radius 1 is 1.56 bits per heavy atom. The predicted molar refractivity (Wildman–Crippen MR) is 69.4 cm³/mol. The summed E-state index contributed by atoms with van der Waals surface area (Å²) in [6, 6.07) is 3.39. The first kappa shape index (κ1) is 12.8. The normalized spacial score (nSPS) is 19.5. The summed E-state index contributed by atoms with van der Waals surface area (Å²) < 4.78 is 0. The summed E-state index contributed by atoms with van der Waals surface area (Å²) in [5.41, 5.74) is 5.33. The number of nitrogens with zero attached hydrogens (tertiary/aromatic N) is 3. The van der Waals surface area contributed by atoms with Gasteiger partial charge in [0.2, 0.25) is 0 Å². The quantitative estimate of drug-likeness (QED) is 0.785. The first-order valence-electron chi connectivity index (χ1n) is 6.22. The van der Waals surface area contributed by atoms with Gasteiger partial charge < -0.3 is 16.0 Å². The van der Waals surface area contributed by atoms with E-state index in [0.29, 0.717) is 5.92 Å². The van der Waals surface area contributed by atoms with Crippen molar-refractivity contribution in [3.8, 4) is 0 Å². The Morgan fingerprint density at radius 3 is 2.94 bits per heavy atom. The van der Waals surface area contributed by atoms with E-state index in [9.17, 15) is 4.79 Å². The summed E-state index contributed by atoms with van der Waals surface area (Å²) in [5.74, 6) is 0.861. The molecule has 1 aromatic rings. The average molecular weight is 249 g/mol. The number of rotatable bonds is 4. The largest absolute Gasteiger partial charge is 0.364 e. The number of primary amides is 1. The van der Waals surface area contributed by atoms with Crippen LogP contribution in [0.25, 0.3) is 0 Å². The number of carbonyl (C=O) groups excluding carboxylic acids is 1. The van der Waals surface area contributed by atoms with Crippen LogP contribution in [0.15, 0.2) is 12.1 Å². The fourth-order valence-electron chi connectivity index (χ4n) is 2.22. The molecule has 6 heteroatoms. The van der Waals surface area contributed by atoms with Crippen molar-refractivity contribution in [3.63, 3.8) is 0 Å². The van der Waals surface area contributed by atoms with Gasteiger partial charge in [-0.3, -0.25) is 4.79 Å². The van der Waals surface area contributed by atoms with Crippen molar-refractivity contribution in [1.29, 1.82) is 0 Å². The van der Waals surface area contributed by atoms with Gasteiger partial charge in [-0.2, -0.15) is 0 Å². The first-order chi connectivity index (χ1) is 8.66. The van der Waals surface area contributed by atoms with Gasteiger partial charge in [-0.05, 0) is 44.0 Å². The highest BCUT2D eigenvalue weighted by molar-refractivity contribution is 5.90. The zero-order valence-electron chi connectivity index (χ0n) is 10.6. The molecule has 2 rings (SSSR count). The third kappa shape index (κ3) is 3.16. The summed E-state index contributed by atoms with van der Waals surface area (Å²) in [7, 11) is 1.99. The Kier molecular flexibility index (Phi) is 4.09. The topological polar surface area (TPSA) is 84.1 Å². The van der Waals surface area contributed by atoms with Crippen LogP contribution in [-0.4, -0.2) is 42.8 Å². The molecule has 1 saturated heterocycles. The number of amides is 1. The Morgan fingerprint density at radius 2 is 2.39 bits per heavy atom. The van der Waals surface area contributed by atoms with E-state index in [2.05, 4.69) is 20.4 Å². The molecular formula is C12H19N5O. The molecule has 1 amide bonds. The lowest BCUT2D eigenvalue weighted by molar-refractivity contribution is 0.0994. The Labute approximate surface area is 107 Å². The van der Waals surface area contributed by atoms with Crippen LogP contribution < -0.4 is 16.0 Å². The van der Waals surface area contributed by atoms with Gasteiger partial charge in [0.25, 0.3) is 5.91 Å². The number of hydrogen-bond acceptors (Lipinski definition) is 5. The standard InChI is InChI=1S/C12H19N5O/c1-17(8-9-3-2-6-14-7-9)11-5-4-10(12(13)18)15-16-11/h4-5,9,14H,2-3,6-8H2,1H3,(H2,13,18). The number of nitrogens with two attached hydrogens (primary N) is 1. The molecule has 0 aliphatic carbocycles. The second-order valence-corrected chi connectivity index (χ2v) is 4.73. The molecule has 1 fully saturated rings. The fourth-order valence-corrected chi connectivity index (χ4v) is 2.22. The summed E-state index contributed by atoms with van der Waals surface area (Å²) in [4.78, 5) is 13.0. The van der Waals surface area contributed by atoms with Crippen LogP contribution in [0, 0.1) is 5.92 Å². The molecule has 1 aliphatic heterocycles. The van der Waals surface area contributed by atoms with E-state index in [0.717, 1.165) is 25.5 Å².